The van der Waals surface area contributed by atoms with E-state index in [2.05, 4.69) is 24.1 Å². The fourth-order valence-electron chi connectivity index (χ4n) is 2.74. The standard InChI is InChI=1S/C16H25FN2/c1-3-18-11-14-7-8-16(17)15(10-14)12-19-9-5-4-6-13(19)2/h7-8,10,13,18H,3-6,9,11-12H2,1-2H3. The predicted molar refractivity (Wildman–Crippen MR) is 77.5 cm³/mol. The summed E-state index contributed by atoms with van der Waals surface area (Å²) in [4.78, 5) is 2.40. The fourth-order valence-corrected chi connectivity index (χ4v) is 2.74. The lowest BCUT2D eigenvalue weighted by Gasteiger charge is -2.33. The van der Waals surface area contributed by atoms with E-state index in [0.717, 1.165) is 31.7 Å². The van der Waals surface area contributed by atoms with Gasteiger partial charge in [0, 0.05) is 24.7 Å². The lowest BCUT2D eigenvalue weighted by Crippen LogP contribution is -2.37. The van der Waals surface area contributed by atoms with Crippen molar-refractivity contribution in [3.63, 3.8) is 0 Å². The lowest BCUT2D eigenvalue weighted by molar-refractivity contribution is 0.151. The number of nitrogens with one attached hydrogen (secondary N) is 1. The monoisotopic (exact) mass is 264 g/mol. The molecular weight excluding hydrogens is 239 g/mol. The third-order valence-electron chi connectivity index (χ3n) is 4.00. The summed E-state index contributed by atoms with van der Waals surface area (Å²) < 4.78 is 13.9. The Balaban J connectivity index is 2.05. The Morgan fingerprint density at radius 3 is 2.95 bits per heavy atom. The summed E-state index contributed by atoms with van der Waals surface area (Å²) in [5.41, 5.74) is 2.01. The van der Waals surface area contributed by atoms with Crippen molar-refractivity contribution < 1.29 is 4.39 Å². The van der Waals surface area contributed by atoms with E-state index >= 15 is 0 Å². The summed E-state index contributed by atoms with van der Waals surface area (Å²) in [6.45, 7) is 7.93. The van der Waals surface area contributed by atoms with Crippen molar-refractivity contribution in [1.29, 1.82) is 0 Å². The van der Waals surface area contributed by atoms with Crippen LogP contribution < -0.4 is 5.32 Å². The smallest absolute Gasteiger partial charge is 0.127 e. The number of likely N-dealkylation sites (tertiary alicyclic amines) is 1. The van der Waals surface area contributed by atoms with Crippen molar-refractivity contribution in [2.45, 2.75) is 52.2 Å². The van der Waals surface area contributed by atoms with Crippen LogP contribution in [0.1, 0.15) is 44.2 Å². The summed E-state index contributed by atoms with van der Waals surface area (Å²) in [7, 11) is 0. The number of benzene rings is 1. The minimum absolute atomic E-state index is 0.0713. The molecule has 1 aromatic carbocycles. The van der Waals surface area contributed by atoms with E-state index in [0.29, 0.717) is 6.04 Å². The Labute approximate surface area is 116 Å². The number of halogens is 1. The first-order valence-corrected chi connectivity index (χ1v) is 7.42. The van der Waals surface area contributed by atoms with E-state index in [4.69, 9.17) is 0 Å². The largest absolute Gasteiger partial charge is 0.313 e. The van der Waals surface area contributed by atoms with Crippen molar-refractivity contribution in [3.05, 3.63) is 35.1 Å². The number of nitrogens with zero attached hydrogens (tertiary/aromatic N) is 1. The summed E-state index contributed by atoms with van der Waals surface area (Å²) in [5.74, 6) is -0.0713. The van der Waals surface area contributed by atoms with Crippen molar-refractivity contribution in [1.82, 2.24) is 10.2 Å². The Morgan fingerprint density at radius 2 is 2.21 bits per heavy atom. The van der Waals surface area contributed by atoms with Crippen molar-refractivity contribution >= 4 is 0 Å². The molecule has 1 unspecified atom stereocenters. The Morgan fingerprint density at radius 1 is 1.37 bits per heavy atom. The lowest BCUT2D eigenvalue weighted by atomic mass is 10.0. The molecule has 0 aromatic heterocycles. The zero-order valence-electron chi connectivity index (χ0n) is 12.1. The maximum Gasteiger partial charge on any atom is 0.127 e. The maximum absolute atomic E-state index is 13.9. The zero-order valence-corrected chi connectivity index (χ0v) is 12.1. The van der Waals surface area contributed by atoms with E-state index in [1.807, 2.05) is 12.1 Å². The third-order valence-corrected chi connectivity index (χ3v) is 4.00. The van der Waals surface area contributed by atoms with Crippen LogP contribution in [-0.2, 0) is 13.1 Å². The van der Waals surface area contributed by atoms with E-state index in [9.17, 15) is 4.39 Å². The second-order valence-electron chi connectivity index (χ2n) is 5.52. The quantitative estimate of drug-likeness (QED) is 0.877. The van der Waals surface area contributed by atoms with Crippen LogP contribution in [0.2, 0.25) is 0 Å². The molecule has 1 heterocycles. The van der Waals surface area contributed by atoms with Crippen LogP contribution in [0.4, 0.5) is 4.39 Å². The van der Waals surface area contributed by atoms with Crippen molar-refractivity contribution in [3.8, 4) is 0 Å². The summed E-state index contributed by atoms with van der Waals surface area (Å²) in [6, 6.07) is 6.07. The molecule has 0 radical (unpaired) electrons. The average Bonchev–Trinajstić information content (AvgIpc) is 2.42. The van der Waals surface area contributed by atoms with Gasteiger partial charge >= 0.3 is 0 Å². The molecule has 0 bridgehead atoms. The van der Waals surface area contributed by atoms with Gasteiger partial charge in [0.15, 0.2) is 0 Å². The molecule has 19 heavy (non-hydrogen) atoms. The highest BCUT2D eigenvalue weighted by Crippen LogP contribution is 2.21. The molecule has 0 aliphatic carbocycles. The first-order chi connectivity index (χ1) is 9.20. The van der Waals surface area contributed by atoms with Gasteiger partial charge in [0.2, 0.25) is 0 Å². The topological polar surface area (TPSA) is 15.3 Å². The molecule has 3 heteroatoms. The van der Waals surface area contributed by atoms with Crippen LogP contribution >= 0.6 is 0 Å². The van der Waals surface area contributed by atoms with Gasteiger partial charge in [-0.1, -0.05) is 25.5 Å². The minimum Gasteiger partial charge on any atom is -0.313 e. The highest BCUT2D eigenvalue weighted by atomic mass is 19.1. The molecule has 2 rings (SSSR count). The van der Waals surface area contributed by atoms with E-state index in [-0.39, 0.29) is 5.82 Å². The SMILES string of the molecule is CCNCc1ccc(F)c(CN2CCCCC2C)c1. The Hall–Kier alpha value is -0.930. The van der Waals surface area contributed by atoms with Gasteiger partial charge in [0.25, 0.3) is 0 Å². The number of piperidine rings is 1. The molecule has 1 atom stereocenters. The third kappa shape index (κ3) is 4.02. The minimum atomic E-state index is -0.0713. The highest BCUT2D eigenvalue weighted by molar-refractivity contribution is 5.25. The zero-order chi connectivity index (χ0) is 13.7. The molecule has 1 saturated heterocycles. The molecule has 1 N–H and O–H groups in total. The van der Waals surface area contributed by atoms with Crippen LogP contribution in [-0.4, -0.2) is 24.0 Å². The molecule has 0 amide bonds. The Bertz CT molecular complexity index is 406. The predicted octanol–water partition coefficient (Wildman–Crippen LogP) is 3.31. The molecule has 0 saturated carbocycles. The van der Waals surface area contributed by atoms with E-state index in [1.165, 1.54) is 24.8 Å². The van der Waals surface area contributed by atoms with Gasteiger partial charge in [-0.05, 0) is 44.5 Å². The first kappa shape index (κ1) is 14.5. The van der Waals surface area contributed by atoms with Gasteiger partial charge in [-0.3, -0.25) is 4.90 Å². The summed E-state index contributed by atoms with van der Waals surface area (Å²) >= 11 is 0. The number of hydrogen-bond acceptors (Lipinski definition) is 2. The van der Waals surface area contributed by atoms with Gasteiger partial charge < -0.3 is 5.32 Å². The van der Waals surface area contributed by atoms with Gasteiger partial charge in [-0.2, -0.15) is 0 Å². The van der Waals surface area contributed by atoms with E-state index < -0.39 is 0 Å². The summed E-state index contributed by atoms with van der Waals surface area (Å²) in [5, 5.41) is 3.29. The normalized spacial score (nSPS) is 20.7. The van der Waals surface area contributed by atoms with Crippen molar-refractivity contribution in [2.24, 2.45) is 0 Å². The van der Waals surface area contributed by atoms with Crippen LogP contribution in [0, 0.1) is 5.82 Å². The van der Waals surface area contributed by atoms with Crippen LogP contribution in [0.25, 0.3) is 0 Å². The second kappa shape index (κ2) is 7.01. The van der Waals surface area contributed by atoms with Gasteiger partial charge in [-0.25, -0.2) is 4.39 Å². The molecule has 1 aliphatic heterocycles. The molecular formula is C16H25FN2. The average molecular weight is 264 g/mol. The van der Waals surface area contributed by atoms with Crippen LogP contribution in [0.15, 0.2) is 18.2 Å². The Kier molecular flexibility index (Phi) is 5.34. The molecule has 1 aromatic rings. The highest BCUT2D eigenvalue weighted by Gasteiger charge is 2.19. The molecule has 2 nitrogen and oxygen atoms in total. The molecule has 106 valence electrons. The first-order valence-electron chi connectivity index (χ1n) is 7.42. The van der Waals surface area contributed by atoms with Gasteiger partial charge in [0.1, 0.15) is 5.82 Å². The summed E-state index contributed by atoms with van der Waals surface area (Å²) in [6.07, 6.45) is 3.78. The second-order valence-corrected chi connectivity index (χ2v) is 5.52. The molecule has 1 fully saturated rings. The van der Waals surface area contributed by atoms with Crippen molar-refractivity contribution in [2.75, 3.05) is 13.1 Å². The fraction of sp³-hybridized carbons (Fsp3) is 0.625. The molecule has 1 aliphatic rings. The number of rotatable bonds is 5. The van der Waals surface area contributed by atoms with Crippen LogP contribution in [0.3, 0.4) is 0 Å². The van der Waals surface area contributed by atoms with Gasteiger partial charge in [-0.15, -0.1) is 0 Å². The van der Waals surface area contributed by atoms with E-state index in [1.54, 1.807) is 6.07 Å². The number of hydrogen-bond donors (Lipinski definition) is 1. The molecule has 0 spiro atoms. The maximum atomic E-state index is 13.9. The van der Waals surface area contributed by atoms with Gasteiger partial charge in [0.05, 0.1) is 0 Å². The van der Waals surface area contributed by atoms with Crippen LogP contribution in [0.5, 0.6) is 0 Å².